The molecular formula is C19H25N5O3. The molecule has 0 unspecified atom stereocenters. The molecule has 4 rings (SSSR count). The zero-order valence-electron chi connectivity index (χ0n) is 15.8. The summed E-state index contributed by atoms with van der Waals surface area (Å²) in [5.41, 5.74) is 4.81. The molecule has 8 heteroatoms. The summed E-state index contributed by atoms with van der Waals surface area (Å²) < 4.78 is 1.87. The van der Waals surface area contributed by atoms with Gasteiger partial charge in [-0.2, -0.15) is 10.2 Å². The lowest BCUT2D eigenvalue weighted by Gasteiger charge is -2.28. The lowest BCUT2D eigenvalue weighted by molar-refractivity contribution is -0.132. The van der Waals surface area contributed by atoms with E-state index in [0.29, 0.717) is 43.8 Å². The van der Waals surface area contributed by atoms with Gasteiger partial charge in [0.15, 0.2) is 5.69 Å². The van der Waals surface area contributed by atoms with Crippen LogP contribution in [-0.4, -0.2) is 48.4 Å². The largest absolute Gasteiger partial charge is 0.476 e. The van der Waals surface area contributed by atoms with Gasteiger partial charge in [-0.1, -0.05) is 0 Å². The highest BCUT2D eigenvalue weighted by Gasteiger charge is 2.32. The number of rotatable bonds is 6. The highest BCUT2D eigenvalue weighted by Crippen LogP contribution is 2.32. The minimum absolute atomic E-state index is 0.0481. The van der Waals surface area contributed by atoms with E-state index in [-0.39, 0.29) is 11.6 Å². The first-order chi connectivity index (χ1) is 12.9. The normalized spacial score (nSPS) is 16.4. The van der Waals surface area contributed by atoms with Gasteiger partial charge in [0.1, 0.15) is 0 Å². The van der Waals surface area contributed by atoms with Crippen LogP contribution >= 0.6 is 0 Å². The maximum atomic E-state index is 12.7. The Kier molecular flexibility index (Phi) is 4.49. The highest BCUT2D eigenvalue weighted by atomic mass is 16.4. The number of nitrogens with one attached hydrogen (secondary N) is 1. The van der Waals surface area contributed by atoms with Crippen molar-refractivity contribution in [1.29, 1.82) is 0 Å². The van der Waals surface area contributed by atoms with Crippen LogP contribution in [0.15, 0.2) is 0 Å². The van der Waals surface area contributed by atoms with Crippen molar-refractivity contribution >= 4 is 11.9 Å². The maximum absolute atomic E-state index is 12.7. The molecule has 2 N–H and O–H groups in total. The Labute approximate surface area is 157 Å². The molecule has 0 spiro atoms. The van der Waals surface area contributed by atoms with Crippen molar-refractivity contribution in [2.24, 2.45) is 5.92 Å². The van der Waals surface area contributed by atoms with E-state index in [0.717, 1.165) is 29.2 Å². The molecular weight excluding hydrogens is 346 g/mol. The van der Waals surface area contributed by atoms with Gasteiger partial charge in [-0.05, 0) is 44.6 Å². The standard InChI is InChI=1S/C19H25N5O3/c1-11-14(12(2)21-20-11)5-6-17(25)23-8-7-16-15(10-23)18(19(26)27)22-24(16)9-13-3-4-13/h13H,3-10H2,1-2H3,(H,20,21)(H,26,27). The fourth-order valence-electron chi connectivity index (χ4n) is 3.90. The molecule has 0 aromatic carbocycles. The first-order valence-corrected chi connectivity index (χ1v) is 9.54. The summed E-state index contributed by atoms with van der Waals surface area (Å²) in [6.07, 6.45) is 4.08. The smallest absolute Gasteiger partial charge is 0.356 e. The topological polar surface area (TPSA) is 104 Å². The number of carbonyl (C=O) groups excluding carboxylic acids is 1. The van der Waals surface area contributed by atoms with E-state index in [1.54, 1.807) is 4.90 Å². The molecule has 2 aromatic heterocycles. The average Bonchev–Trinajstić information content (AvgIpc) is 3.30. The van der Waals surface area contributed by atoms with Gasteiger partial charge in [-0.3, -0.25) is 14.6 Å². The zero-order chi connectivity index (χ0) is 19.1. The Morgan fingerprint density at radius 1 is 1.30 bits per heavy atom. The number of aromatic amines is 1. The average molecular weight is 371 g/mol. The van der Waals surface area contributed by atoms with E-state index in [9.17, 15) is 14.7 Å². The van der Waals surface area contributed by atoms with Crippen molar-refractivity contribution in [2.45, 2.75) is 59.0 Å². The number of hydrogen-bond acceptors (Lipinski definition) is 4. The Hall–Kier alpha value is -2.64. The fourth-order valence-corrected chi connectivity index (χ4v) is 3.90. The summed E-state index contributed by atoms with van der Waals surface area (Å²) in [6, 6.07) is 0. The molecule has 8 nitrogen and oxygen atoms in total. The molecule has 0 bridgehead atoms. The summed E-state index contributed by atoms with van der Waals surface area (Å²) >= 11 is 0. The SMILES string of the molecule is Cc1n[nH]c(C)c1CCC(=O)N1CCc2c(c(C(=O)O)nn2CC2CC2)C1. The van der Waals surface area contributed by atoms with E-state index in [2.05, 4.69) is 15.3 Å². The summed E-state index contributed by atoms with van der Waals surface area (Å²) in [5.74, 6) is -0.344. The third-order valence-electron chi connectivity index (χ3n) is 5.69. The number of amides is 1. The quantitative estimate of drug-likeness (QED) is 0.806. The van der Waals surface area contributed by atoms with Crippen molar-refractivity contribution in [3.63, 3.8) is 0 Å². The lowest BCUT2D eigenvalue weighted by Crippen LogP contribution is -2.37. The summed E-state index contributed by atoms with van der Waals surface area (Å²) in [6.45, 7) is 5.64. The van der Waals surface area contributed by atoms with E-state index < -0.39 is 5.97 Å². The molecule has 0 saturated heterocycles. The van der Waals surface area contributed by atoms with Crippen LogP contribution in [0, 0.1) is 19.8 Å². The third-order valence-corrected chi connectivity index (χ3v) is 5.69. The van der Waals surface area contributed by atoms with Gasteiger partial charge in [-0.15, -0.1) is 0 Å². The summed E-state index contributed by atoms with van der Waals surface area (Å²) in [5, 5.41) is 21.0. The first-order valence-electron chi connectivity index (χ1n) is 9.54. The van der Waals surface area contributed by atoms with Gasteiger partial charge in [-0.25, -0.2) is 4.79 Å². The number of H-pyrrole nitrogens is 1. The van der Waals surface area contributed by atoms with Crippen LogP contribution in [0.3, 0.4) is 0 Å². The number of aromatic nitrogens is 4. The maximum Gasteiger partial charge on any atom is 0.356 e. The second kappa shape index (κ2) is 6.83. The number of carbonyl (C=O) groups is 2. The van der Waals surface area contributed by atoms with E-state index in [4.69, 9.17) is 0 Å². The molecule has 1 aliphatic heterocycles. The van der Waals surface area contributed by atoms with Gasteiger partial charge in [0.25, 0.3) is 0 Å². The molecule has 0 atom stereocenters. The number of carboxylic acid groups (broad SMARTS) is 1. The molecule has 27 heavy (non-hydrogen) atoms. The van der Waals surface area contributed by atoms with E-state index in [1.807, 2.05) is 18.5 Å². The second-order valence-electron chi connectivity index (χ2n) is 7.68. The lowest BCUT2D eigenvalue weighted by atomic mass is 10.0. The van der Waals surface area contributed by atoms with Crippen LogP contribution in [0.2, 0.25) is 0 Å². The van der Waals surface area contributed by atoms with E-state index >= 15 is 0 Å². The zero-order valence-corrected chi connectivity index (χ0v) is 15.8. The van der Waals surface area contributed by atoms with Crippen molar-refractivity contribution in [3.8, 4) is 0 Å². The molecule has 1 saturated carbocycles. The predicted octanol–water partition coefficient (Wildman–Crippen LogP) is 1.85. The molecule has 144 valence electrons. The highest BCUT2D eigenvalue weighted by molar-refractivity contribution is 5.88. The van der Waals surface area contributed by atoms with Gasteiger partial charge in [0, 0.05) is 49.4 Å². The minimum Gasteiger partial charge on any atom is -0.476 e. The molecule has 2 aromatic rings. The van der Waals surface area contributed by atoms with Crippen molar-refractivity contribution in [1.82, 2.24) is 24.9 Å². The monoisotopic (exact) mass is 371 g/mol. The number of aryl methyl sites for hydroxylation is 2. The number of fused-ring (bicyclic) bond motifs is 1. The van der Waals surface area contributed by atoms with Crippen LogP contribution in [0.1, 0.15) is 58.0 Å². The van der Waals surface area contributed by atoms with Crippen molar-refractivity contribution in [3.05, 3.63) is 33.9 Å². The second-order valence-corrected chi connectivity index (χ2v) is 7.68. The van der Waals surface area contributed by atoms with Crippen molar-refractivity contribution in [2.75, 3.05) is 6.54 Å². The van der Waals surface area contributed by atoms with Gasteiger partial charge >= 0.3 is 5.97 Å². The number of carboxylic acids is 1. The Morgan fingerprint density at radius 3 is 2.70 bits per heavy atom. The molecule has 2 aliphatic rings. The van der Waals surface area contributed by atoms with Crippen LogP contribution in [0.25, 0.3) is 0 Å². The fraction of sp³-hybridized carbons (Fsp3) is 0.579. The van der Waals surface area contributed by atoms with Crippen LogP contribution in [-0.2, 0) is 30.7 Å². The number of hydrogen-bond donors (Lipinski definition) is 2. The van der Waals surface area contributed by atoms with Gasteiger partial charge < -0.3 is 10.0 Å². The Bertz CT molecular complexity index is 874. The van der Waals surface area contributed by atoms with Gasteiger partial charge in [0.2, 0.25) is 5.91 Å². The summed E-state index contributed by atoms with van der Waals surface area (Å²) in [7, 11) is 0. The van der Waals surface area contributed by atoms with E-state index in [1.165, 1.54) is 12.8 Å². The molecule has 1 aliphatic carbocycles. The van der Waals surface area contributed by atoms with Gasteiger partial charge in [0.05, 0.1) is 5.69 Å². The van der Waals surface area contributed by atoms with Crippen LogP contribution in [0.4, 0.5) is 0 Å². The number of aromatic carboxylic acids is 1. The van der Waals surface area contributed by atoms with Crippen LogP contribution in [0.5, 0.6) is 0 Å². The molecule has 3 heterocycles. The van der Waals surface area contributed by atoms with Crippen LogP contribution < -0.4 is 0 Å². The minimum atomic E-state index is -1.01. The summed E-state index contributed by atoms with van der Waals surface area (Å²) in [4.78, 5) is 26.1. The first kappa shape index (κ1) is 17.8. The molecule has 0 radical (unpaired) electrons. The molecule has 1 amide bonds. The third kappa shape index (κ3) is 3.48. The predicted molar refractivity (Wildman–Crippen MR) is 97.4 cm³/mol. The Morgan fingerprint density at radius 2 is 2.07 bits per heavy atom. The molecule has 1 fully saturated rings. The number of nitrogens with zero attached hydrogens (tertiary/aromatic N) is 4. The Balaban J connectivity index is 1.47. The van der Waals surface area contributed by atoms with Crippen molar-refractivity contribution < 1.29 is 14.7 Å².